The van der Waals surface area contributed by atoms with Gasteiger partial charge in [-0.05, 0) is 20.8 Å². The van der Waals surface area contributed by atoms with Crippen molar-refractivity contribution in [2.45, 2.75) is 38.0 Å². The van der Waals surface area contributed by atoms with Crippen molar-refractivity contribution in [3.05, 3.63) is 11.8 Å². The van der Waals surface area contributed by atoms with Gasteiger partial charge in [0.2, 0.25) is 0 Å². The molecule has 1 aromatic heterocycles. The molecule has 0 unspecified atom stereocenters. The number of aliphatic hydroxyl groups is 1. The van der Waals surface area contributed by atoms with Crippen LogP contribution in [0.5, 0.6) is 0 Å². The molecule has 0 bridgehead atoms. The van der Waals surface area contributed by atoms with Gasteiger partial charge in [-0.3, -0.25) is 5.10 Å². The Morgan fingerprint density at radius 3 is 2.78 bits per heavy atom. The third-order valence-corrected chi connectivity index (χ3v) is 3.76. The molecule has 104 valence electrons. The number of nitrogens with one attached hydrogen (secondary N) is 2. The predicted octanol–water partition coefficient (Wildman–Crippen LogP) is -0.00460. The Hall–Kier alpha value is -0.960. The molecule has 7 nitrogen and oxygen atoms in total. The fourth-order valence-corrected chi connectivity index (χ4v) is 2.74. The number of H-pyrrole nitrogens is 1. The average Bonchev–Trinajstić information content (AvgIpc) is 2.75. The zero-order valence-electron chi connectivity index (χ0n) is 10.7. The molecule has 1 aromatic rings. The molecule has 18 heavy (non-hydrogen) atoms. The van der Waals surface area contributed by atoms with Crippen molar-refractivity contribution in [2.24, 2.45) is 0 Å². The summed E-state index contributed by atoms with van der Waals surface area (Å²) in [6.45, 7) is 5.67. The standard InChI is InChI=1S/C10H19N3O4S/c1-4-17-10(2,3)7-12-18(15,16)9-8(6-14)5-11-13-9/h5,12,14H,4,6-7H2,1-3H3,(H,11,13). The lowest BCUT2D eigenvalue weighted by molar-refractivity contribution is -0.00516. The molecule has 0 spiro atoms. The molecule has 0 aromatic carbocycles. The Morgan fingerprint density at radius 1 is 1.56 bits per heavy atom. The maximum atomic E-state index is 12.0. The molecule has 0 fully saturated rings. The van der Waals surface area contributed by atoms with E-state index in [0.29, 0.717) is 6.61 Å². The van der Waals surface area contributed by atoms with Crippen LogP contribution in [-0.2, 0) is 21.4 Å². The maximum absolute atomic E-state index is 12.0. The zero-order valence-corrected chi connectivity index (χ0v) is 11.5. The Labute approximate surface area is 107 Å². The minimum Gasteiger partial charge on any atom is -0.392 e. The van der Waals surface area contributed by atoms with Crippen LogP contribution in [0.1, 0.15) is 26.3 Å². The summed E-state index contributed by atoms with van der Waals surface area (Å²) in [5.74, 6) is 0. The Kier molecular flexibility index (Phi) is 4.85. The SMILES string of the molecule is CCOC(C)(C)CNS(=O)(=O)c1[nH]ncc1CO. The summed E-state index contributed by atoms with van der Waals surface area (Å²) < 4.78 is 31.8. The lowest BCUT2D eigenvalue weighted by Gasteiger charge is -2.24. The number of rotatable bonds is 7. The van der Waals surface area contributed by atoms with E-state index in [4.69, 9.17) is 9.84 Å². The normalized spacial score (nSPS) is 12.9. The smallest absolute Gasteiger partial charge is 0.257 e. The first-order valence-electron chi connectivity index (χ1n) is 5.59. The van der Waals surface area contributed by atoms with Crippen LogP contribution in [0.3, 0.4) is 0 Å². The van der Waals surface area contributed by atoms with Crippen LogP contribution in [0, 0.1) is 0 Å². The summed E-state index contributed by atoms with van der Waals surface area (Å²) in [6.07, 6.45) is 1.28. The minimum absolute atomic E-state index is 0.114. The number of sulfonamides is 1. The van der Waals surface area contributed by atoms with Gasteiger partial charge in [0.25, 0.3) is 10.0 Å². The largest absolute Gasteiger partial charge is 0.392 e. The van der Waals surface area contributed by atoms with E-state index >= 15 is 0 Å². The van der Waals surface area contributed by atoms with E-state index < -0.39 is 15.6 Å². The number of nitrogens with zero attached hydrogens (tertiary/aromatic N) is 1. The van der Waals surface area contributed by atoms with Crippen molar-refractivity contribution >= 4 is 10.0 Å². The molecular weight excluding hydrogens is 258 g/mol. The highest BCUT2D eigenvalue weighted by molar-refractivity contribution is 7.89. The van der Waals surface area contributed by atoms with E-state index in [2.05, 4.69) is 14.9 Å². The molecule has 0 amide bonds. The van der Waals surface area contributed by atoms with E-state index in [0.717, 1.165) is 0 Å². The molecule has 0 atom stereocenters. The molecule has 0 aliphatic heterocycles. The first-order chi connectivity index (χ1) is 8.32. The van der Waals surface area contributed by atoms with Crippen LogP contribution < -0.4 is 4.72 Å². The van der Waals surface area contributed by atoms with Crippen molar-refractivity contribution in [1.29, 1.82) is 0 Å². The van der Waals surface area contributed by atoms with Gasteiger partial charge in [-0.15, -0.1) is 0 Å². The van der Waals surface area contributed by atoms with Gasteiger partial charge in [0, 0.05) is 18.7 Å². The summed E-state index contributed by atoms with van der Waals surface area (Å²) >= 11 is 0. The van der Waals surface area contributed by atoms with Crippen LogP contribution >= 0.6 is 0 Å². The van der Waals surface area contributed by atoms with E-state index in [1.807, 2.05) is 6.92 Å². The van der Waals surface area contributed by atoms with Crippen LogP contribution in [0.15, 0.2) is 11.2 Å². The molecule has 0 radical (unpaired) electrons. The van der Waals surface area contributed by atoms with Gasteiger partial charge < -0.3 is 9.84 Å². The number of aliphatic hydroxyl groups excluding tert-OH is 1. The van der Waals surface area contributed by atoms with Gasteiger partial charge in [-0.2, -0.15) is 5.10 Å². The van der Waals surface area contributed by atoms with E-state index in [9.17, 15) is 8.42 Å². The molecular formula is C10H19N3O4S. The number of hydrogen-bond donors (Lipinski definition) is 3. The summed E-state index contributed by atoms with van der Waals surface area (Å²) in [5, 5.41) is 14.9. The first kappa shape index (κ1) is 15.1. The second-order valence-corrected chi connectivity index (χ2v) is 6.10. The van der Waals surface area contributed by atoms with Crippen LogP contribution in [0.4, 0.5) is 0 Å². The monoisotopic (exact) mass is 277 g/mol. The molecule has 1 heterocycles. The van der Waals surface area contributed by atoms with E-state index in [1.165, 1.54) is 6.20 Å². The van der Waals surface area contributed by atoms with Gasteiger partial charge in [-0.1, -0.05) is 0 Å². The number of ether oxygens (including phenoxy) is 1. The van der Waals surface area contributed by atoms with Crippen molar-refractivity contribution in [2.75, 3.05) is 13.2 Å². The van der Waals surface area contributed by atoms with Gasteiger partial charge in [0.05, 0.1) is 18.4 Å². The number of aromatic nitrogens is 2. The lowest BCUT2D eigenvalue weighted by atomic mass is 10.1. The quantitative estimate of drug-likeness (QED) is 0.650. The first-order valence-corrected chi connectivity index (χ1v) is 7.07. The summed E-state index contributed by atoms with van der Waals surface area (Å²) in [4.78, 5) is 0. The van der Waals surface area contributed by atoms with Crippen molar-refractivity contribution in [3.63, 3.8) is 0 Å². The Balaban J connectivity index is 2.78. The molecule has 8 heteroatoms. The van der Waals surface area contributed by atoms with Crippen molar-refractivity contribution < 1.29 is 18.3 Å². The highest BCUT2D eigenvalue weighted by atomic mass is 32.2. The molecule has 1 rings (SSSR count). The van der Waals surface area contributed by atoms with E-state index in [1.54, 1.807) is 13.8 Å². The maximum Gasteiger partial charge on any atom is 0.257 e. The van der Waals surface area contributed by atoms with Gasteiger partial charge >= 0.3 is 0 Å². The van der Waals surface area contributed by atoms with Crippen LogP contribution in [0.25, 0.3) is 0 Å². The highest BCUT2D eigenvalue weighted by Crippen LogP contribution is 2.13. The summed E-state index contributed by atoms with van der Waals surface area (Å²) in [7, 11) is -3.72. The van der Waals surface area contributed by atoms with Crippen molar-refractivity contribution in [3.8, 4) is 0 Å². The third-order valence-electron chi connectivity index (χ3n) is 2.34. The zero-order chi connectivity index (χ0) is 13.8. The number of hydrogen-bond acceptors (Lipinski definition) is 5. The lowest BCUT2D eigenvalue weighted by Crippen LogP contribution is -2.40. The third kappa shape index (κ3) is 3.77. The van der Waals surface area contributed by atoms with Gasteiger partial charge in [0.15, 0.2) is 5.03 Å². The van der Waals surface area contributed by atoms with Gasteiger partial charge in [0.1, 0.15) is 0 Å². The summed E-state index contributed by atoms with van der Waals surface area (Å²) in [5.41, 5.74) is -0.363. The fraction of sp³-hybridized carbons (Fsp3) is 0.700. The topological polar surface area (TPSA) is 104 Å². The highest BCUT2D eigenvalue weighted by Gasteiger charge is 2.25. The Morgan fingerprint density at radius 2 is 2.22 bits per heavy atom. The average molecular weight is 277 g/mol. The predicted molar refractivity (Wildman–Crippen MR) is 65.4 cm³/mol. The number of aromatic amines is 1. The van der Waals surface area contributed by atoms with E-state index in [-0.39, 0.29) is 23.7 Å². The second kappa shape index (κ2) is 5.79. The molecule has 0 aliphatic carbocycles. The minimum atomic E-state index is -3.72. The molecule has 0 aliphatic rings. The van der Waals surface area contributed by atoms with Crippen molar-refractivity contribution in [1.82, 2.24) is 14.9 Å². The molecule has 3 N–H and O–H groups in total. The van der Waals surface area contributed by atoms with Crippen LogP contribution in [0.2, 0.25) is 0 Å². The fourth-order valence-electron chi connectivity index (χ4n) is 1.43. The van der Waals surface area contributed by atoms with Gasteiger partial charge in [-0.25, -0.2) is 13.1 Å². The molecule has 0 saturated heterocycles. The second-order valence-electron chi connectivity index (χ2n) is 4.40. The summed E-state index contributed by atoms with van der Waals surface area (Å²) in [6, 6.07) is 0. The Bertz CT molecular complexity index is 481. The van der Waals surface area contributed by atoms with Crippen LogP contribution in [-0.4, -0.2) is 42.5 Å². The molecule has 0 saturated carbocycles.